The van der Waals surface area contributed by atoms with Gasteiger partial charge >= 0.3 is 12.2 Å². The van der Waals surface area contributed by atoms with Gasteiger partial charge in [0.1, 0.15) is 5.60 Å². The molecule has 4 N–H and O–H groups in total. The van der Waals surface area contributed by atoms with Crippen LogP contribution >= 0.6 is 12.2 Å². The van der Waals surface area contributed by atoms with Gasteiger partial charge in [-0.1, -0.05) is 12.2 Å². The Morgan fingerprint density at radius 3 is 2.32 bits per heavy atom. The van der Waals surface area contributed by atoms with Crippen molar-refractivity contribution in [3.05, 3.63) is 0 Å². The lowest BCUT2D eigenvalue weighted by Crippen LogP contribution is -2.56. The number of carbonyl (C=O) groups is 2. The zero-order valence-electron chi connectivity index (χ0n) is 13.4. The molecule has 0 aromatic rings. The Balaban J connectivity index is 2.74. The number of nitrogens with one attached hydrogen (secondary N) is 3. The number of amides is 2. The van der Waals surface area contributed by atoms with Crippen LogP contribution in [0.2, 0.25) is 0 Å². The van der Waals surface area contributed by atoms with Crippen molar-refractivity contribution in [2.24, 2.45) is 5.92 Å². The predicted octanol–water partition coefficient (Wildman–Crippen LogP) is 1.86. The zero-order chi connectivity index (χ0) is 16.9. The highest BCUT2D eigenvalue weighted by Crippen LogP contribution is 2.26. The summed E-state index contributed by atoms with van der Waals surface area (Å²) in [4.78, 5) is 23.6. The molecule has 0 aromatic heterocycles. The number of hydrogen-bond acceptors (Lipinski definition) is 4. The summed E-state index contributed by atoms with van der Waals surface area (Å²) in [5, 5.41) is 17.1. The van der Waals surface area contributed by atoms with Crippen LogP contribution < -0.4 is 16.0 Å². The van der Waals surface area contributed by atoms with Gasteiger partial charge in [0.05, 0.1) is 17.1 Å². The van der Waals surface area contributed by atoms with Gasteiger partial charge in [-0.3, -0.25) is 0 Å². The minimum absolute atomic E-state index is 0.117. The number of alkyl carbamates (subject to hydrolysis) is 1. The van der Waals surface area contributed by atoms with Crippen LogP contribution in [0.3, 0.4) is 0 Å². The lowest BCUT2D eigenvalue weighted by molar-refractivity contribution is 0.0473. The maximum atomic E-state index is 11.9. The summed E-state index contributed by atoms with van der Waals surface area (Å²) in [6.45, 7) is 5.33. The molecule has 3 atom stereocenters. The molecule has 1 fully saturated rings. The van der Waals surface area contributed by atoms with E-state index in [9.17, 15) is 9.59 Å². The zero-order valence-corrected chi connectivity index (χ0v) is 14.3. The summed E-state index contributed by atoms with van der Waals surface area (Å²) in [6.07, 6.45) is 0.307. The van der Waals surface area contributed by atoms with E-state index in [1.165, 1.54) is 0 Å². The summed E-state index contributed by atoms with van der Waals surface area (Å²) in [7, 11) is 1.76. The highest BCUT2D eigenvalue weighted by atomic mass is 32.1. The van der Waals surface area contributed by atoms with E-state index in [2.05, 4.69) is 16.0 Å². The molecule has 0 aromatic carbocycles. The molecule has 0 spiro atoms. The Morgan fingerprint density at radius 2 is 1.82 bits per heavy atom. The quantitative estimate of drug-likeness (QED) is 0.589. The maximum absolute atomic E-state index is 11.9. The lowest BCUT2D eigenvalue weighted by Gasteiger charge is -2.36. The molecule has 22 heavy (non-hydrogen) atoms. The number of hydrogen-bond donors (Lipinski definition) is 4. The van der Waals surface area contributed by atoms with Crippen LogP contribution in [0.25, 0.3) is 0 Å². The van der Waals surface area contributed by atoms with Gasteiger partial charge in [-0.15, -0.1) is 0 Å². The predicted molar refractivity (Wildman–Crippen MR) is 87.1 cm³/mol. The fraction of sp³-hybridized carbons (Fsp3) is 0.786. The Labute approximate surface area is 136 Å². The second-order valence-electron chi connectivity index (χ2n) is 6.43. The van der Waals surface area contributed by atoms with Gasteiger partial charge in [0.15, 0.2) is 0 Å². The number of carboxylic acid groups (broad SMARTS) is 1. The van der Waals surface area contributed by atoms with Crippen molar-refractivity contribution >= 4 is 29.4 Å². The SMILES string of the molecule is CNC(=S)[C@H]1CC[C@H](NC(=O)O)[C@H](NC(=O)OC(C)(C)C)C1. The first-order valence-corrected chi connectivity index (χ1v) is 7.73. The third kappa shape index (κ3) is 6.05. The molecule has 126 valence electrons. The van der Waals surface area contributed by atoms with Crippen molar-refractivity contribution in [1.82, 2.24) is 16.0 Å². The Kier molecular flexibility index (Phi) is 6.40. The number of rotatable bonds is 3. The van der Waals surface area contributed by atoms with E-state index in [0.717, 1.165) is 11.4 Å². The molecule has 0 bridgehead atoms. The normalized spacial score (nSPS) is 25.0. The molecule has 0 aliphatic heterocycles. The number of carbonyl (C=O) groups excluding carboxylic acids is 1. The monoisotopic (exact) mass is 331 g/mol. The molecular formula is C14H25N3O4S. The lowest BCUT2D eigenvalue weighted by atomic mass is 9.82. The van der Waals surface area contributed by atoms with Crippen molar-refractivity contribution in [2.75, 3.05) is 7.05 Å². The summed E-state index contributed by atoms with van der Waals surface area (Å²) < 4.78 is 5.24. The molecule has 0 saturated heterocycles. The Morgan fingerprint density at radius 1 is 1.18 bits per heavy atom. The van der Waals surface area contributed by atoms with E-state index < -0.39 is 17.8 Å². The summed E-state index contributed by atoms with van der Waals surface area (Å²) >= 11 is 5.26. The second kappa shape index (κ2) is 7.62. The number of thiocarbonyl (C=S) groups is 1. The molecule has 0 unspecified atom stereocenters. The van der Waals surface area contributed by atoms with E-state index in [4.69, 9.17) is 22.1 Å². The fourth-order valence-electron chi connectivity index (χ4n) is 2.56. The van der Waals surface area contributed by atoms with Crippen LogP contribution in [-0.4, -0.2) is 47.0 Å². The van der Waals surface area contributed by atoms with Crippen LogP contribution in [-0.2, 0) is 4.74 Å². The van der Waals surface area contributed by atoms with Crippen LogP contribution in [0.4, 0.5) is 9.59 Å². The standard InChI is InChI=1S/C14H25N3O4S/c1-14(2,3)21-13(20)17-10-7-8(11(22)15-4)5-6-9(10)16-12(18)19/h8-10,16H,5-7H2,1-4H3,(H,15,22)(H,17,20)(H,18,19)/t8-,9-,10+/m0/s1. The maximum Gasteiger partial charge on any atom is 0.407 e. The summed E-state index contributed by atoms with van der Waals surface area (Å²) in [5.74, 6) is 0.117. The molecule has 7 nitrogen and oxygen atoms in total. The van der Waals surface area contributed by atoms with Crippen molar-refractivity contribution in [2.45, 2.75) is 57.7 Å². The van der Waals surface area contributed by atoms with E-state index in [1.54, 1.807) is 27.8 Å². The number of ether oxygens (including phenoxy) is 1. The van der Waals surface area contributed by atoms with Gasteiger partial charge in [0, 0.05) is 13.0 Å². The van der Waals surface area contributed by atoms with Crippen LogP contribution in [0, 0.1) is 5.92 Å². The van der Waals surface area contributed by atoms with Gasteiger partial charge < -0.3 is 25.8 Å². The average Bonchev–Trinajstić information content (AvgIpc) is 2.37. The molecule has 1 aliphatic carbocycles. The Bertz CT molecular complexity index is 436. The van der Waals surface area contributed by atoms with Crippen LogP contribution in [0.5, 0.6) is 0 Å². The largest absolute Gasteiger partial charge is 0.465 e. The first-order valence-electron chi connectivity index (χ1n) is 7.33. The molecule has 8 heteroatoms. The van der Waals surface area contributed by atoms with Gasteiger partial charge in [-0.05, 0) is 40.0 Å². The van der Waals surface area contributed by atoms with Crippen LogP contribution in [0.15, 0.2) is 0 Å². The molecular weight excluding hydrogens is 306 g/mol. The molecule has 1 rings (SSSR count). The first kappa shape index (κ1) is 18.5. The van der Waals surface area contributed by atoms with Gasteiger partial charge in [0.25, 0.3) is 0 Å². The first-order chi connectivity index (χ1) is 10.1. The van der Waals surface area contributed by atoms with Gasteiger partial charge in [0.2, 0.25) is 0 Å². The Hall–Kier alpha value is -1.57. The molecule has 1 saturated carbocycles. The molecule has 0 radical (unpaired) electrons. The minimum atomic E-state index is -1.10. The summed E-state index contributed by atoms with van der Waals surface area (Å²) in [5.41, 5.74) is -0.603. The topological polar surface area (TPSA) is 99.7 Å². The fourth-order valence-corrected chi connectivity index (χ4v) is 2.78. The van der Waals surface area contributed by atoms with Gasteiger partial charge in [-0.2, -0.15) is 0 Å². The van der Waals surface area contributed by atoms with Crippen molar-refractivity contribution < 1.29 is 19.4 Å². The summed E-state index contributed by atoms with van der Waals surface area (Å²) in [6, 6.07) is -0.697. The van der Waals surface area contributed by atoms with Crippen molar-refractivity contribution in [1.29, 1.82) is 0 Å². The third-order valence-corrected chi connectivity index (χ3v) is 4.02. The molecule has 0 heterocycles. The molecule has 2 amide bonds. The van der Waals surface area contributed by atoms with Gasteiger partial charge in [-0.25, -0.2) is 9.59 Å². The highest BCUT2D eigenvalue weighted by Gasteiger charge is 2.35. The second-order valence-corrected chi connectivity index (χ2v) is 6.87. The van der Waals surface area contributed by atoms with Crippen molar-refractivity contribution in [3.63, 3.8) is 0 Å². The molecule has 1 aliphatic rings. The highest BCUT2D eigenvalue weighted by molar-refractivity contribution is 7.80. The van der Waals surface area contributed by atoms with E-state index in [0.29, 0.717) is 12.8 Å². The minimum Gasteiger partial charge on any atom is -0.465 e. The smallest absolute Gasteiger partial charge is 0.407 e. The van der Waals surface area contributed by atoms with E-state index in [-0.39, 0.29) is 18.0 Å². The van der Waals surface area contributed by atoms with E-state index >= 15 is 0 Å². The third-order valence-electron chi connectivity index (χ3n) is 3.48. The van der Waals surface area contributed by atoms with Crippen molar-refractivity contribution in [3.8, 4) is 0 Å². The van der Waals surface area contributed by atoms with E-state index in [1.807, 2.05) is 0 Å². The average molecular weight is 331 g/mol. The van der Waals surface area contributed by atoms with Crippen LogP contribution in [0.1, 0.15) is 40.0 Å².